The summed E-state index contributed by atoms with van der Waals surface area (Å²) in [6.07, 6.45) is 1.79. The summed E-state index contributed by atoms with van der Waals surface area (Å²) in [5.41, 5.74) is 2.59. The zero-order chi connectivity index (χ0) is 30.0. The standard InChI is InChI=1S/C32H47N3O5/c1-9-12-23(5)33-29(37)28(27-21(3)13-11-14-22(27)4)35(19-10-2)30(38)26(34-31(39)40-32(6,7)8)20-24-15-17-25(36)18-16-24/h11,13-18,23,26,28,36H,9-10,12,19-20H2,1-8H3,(H,33,37)(H,34,39). The molecule has 0 spiro atoms. The first-order valence-corrected chi connectivity index (χ1v) is 14.2. The first kappa shape index (κ1) is 32.7. The first-order chi connectivity index (χ1) is 18.8. The SMILES string of the molecule is CCCC(C)NC(=O)C(c1c(C)cccc1C)N(CCC)C(=O)C(Cc1ccc(O)cc1)NC(=O)OC(C)(C)C. The average molecular weight is 554 g/mol. The largest absolute Gasteiger partial charge is 0.508 e. The van der Waals surface area contributed by atoms with E-state index in [0.29, 0.717) is 13.0 Å². The molecule has 0 bridgehead atoms. The molecule has 3 N–H and O–H groups in total. The number of ether oxygens (including phenoxy) is 1. The van der Waals surface area contributed by atoms with E-state index in [1.54, 1.807) is 37.8 Å². The van der Waals surface area contributed by atoms with Crippen molar-refractivity contribution in [3.63, 3.8) is 0 Å². The number of carbonyl (C=O) groups is 3. The molecular weight excluding hydrogens is 506 g/mol. The van der Waals surface area contributed by atoms with Crippen molar-refractivity contribution in [1.29, 1.82) is 0 Å². The average Bonchev–Trinajstić information content (AvgIpc) is 2.84. The monoisotopic (exact) mass is 553 g/mol. The molecule has 220 valence electrons. The molecule has 0 aliphatic carbocycles. The number of hydrogen-bond donors (Lipinski definition) is 3. The Labute approximate surface area is 239 Å². The van der Waals surface area contributed by atoms with E-state index in [1.807, 2.05) is 45.9 Å². The van der Waals surface area contributed by atoms with Crippen LogP contribution in [0.1, 0.15) is 89.1 Å². The zero-order valence-corrected chi connectivity index (χ0v) is 25.3. The summed E-state index contributed by atoms with van der Waals surface area (Å²) in [7, 11) is 0. The van der Waals surface area contributed by atoms with Crippen LogP contribution in [0.3, 0.4) is 0 Å². The summed E-state index contributed by atoms with van der Waals surface area (Å²) < 4.78 is 5.49. The van der Waals surface area contributed by atoms with Crippen LogP contribution in [0.4, 0.5) is 4.79 Å². The number of amides is 3. The molecule has 8 nitrogen and oxygen atoms in total. The van der Waals surface area contributed by atoms with Crippen LogP contribution in [0.5, 0.6) is 5.75 Å². The number of rotatable bonds is 12. The number of phenolic OH excluding ortho intramolecular Hbond substituents is 1. The molecule has 0 saturated carbocycles. The maximum absolute atomic E-state index is 14.4. The van der Waals surface area contributed by atoms with Crippen molar-refractivity contribution in [2.45, 2.75) is 105 Å². The summed E-state index contributed by atoms with van der Waals surface area (Å²) in [5, 5.41) is 15.6. The van der Waals surface area contributed by atoms with Crippen LogP contribution in [0.25, 0.3) is 0 Å². The molecule has 3 amide bonds. The Balaban J connectivity index is 2.59. The van der Waals surface area contributed by atoms with E-state index in [-0.39, 0.29) is 30.0 Å². The van der Waals surface area contributed by atoms with Gasteiger partial charge in [0, 0.05) is 19.0 Å². The molecular formula is C32H47N3O5. The highest BCUT2D eigenvalue weighted by Crippen LogP contribution is 2.29. The normalized spacial score (nSPS) is 13.6. The number of alkyl carbamates (subject to hydrolysis) is 1. The van der Waals surface area contributed by atoms with E-state index < -0.39 is 23.8 Å². The van der Waals surface area contributed by atoms with Gasteiger partial charge in [0.15, 0.2) is 0 Å². The van der Waals surface area contributed by atoms with Crippen molar-refractivity contribution in [3.8, 4) is 5.75 Å². The number of benzene rings is 2. The Kier molecular flexibility index (Phi) is 12.0. The van der Waals surface area contributed by atoms with E-state index in [0.717, 1.165) is 35.1 Å². The third kappa shape index (κ3) is 9.57. The lowest BCUT2D eigenvalue weighted by atomic mass is 9.92. The molecule has 0 aliphatic rings. The Morgan fingerprint density at radius 1 is 0.950 bits per heavy atom. The summed E-state index contributed by atoms with van der Waals surface area (Å²) >= 11 is 0. The minimum absolute atomic E-state index is 0.0596. The van der Waals surface area contributed by atoms with Crippen LogP contribution in [0, 0.1) is 13.8 Å². The number of aromatic hydroxyl groups is 1. The van der Waals surface area contributed by atoms with Gasteiger partial charge in [0.2, 0.25) is 11.8 Å². The maximum atomic E-state index is 14.4. The fourth-order valence-corrected chi connectivity index (χ4v) is 4.84. The fraction of sp³-hybridized carbons (Fsp3) is 0.531. The molecule has 2 aromatic carbocycles. The summed E-state index contributed by atoms with van der Waals surface area (Å²) in [6.45, 7) is 15.5. The minimum atomic E-state index is -1.00. The summed E-state index contributed by atoms with van der Waals surface area (Å²) in [5.74, 6) is -0.528. The van der Waals surface area contributed by atoms with Crippen molar-refractivity contribution in [2.75, 3.05) is 6.54 Å². The van der Waals surface area contributed by atoms with Gasteiger partial charge in [-0.25, -0.2) is 4.79 Å². The zero-order valence-electron chi connectivity index (χ0n) is 25.3. The second-order valence-electron chi connectivity index (χ2n) is 11.5. The molecule has 0 aromatic heterocycles. The molecule has 0 heterocycles. The molecule has 2 rings (SSSR count). The second kappa shape index (κ2) is 14.7. The van der Waals surface area contributed by atoms with Gasteiger partial charge in [-0.15, -0.1) is 0 Å². The molecule has 0 fully saturated rings. The molecule has 0 radical (unpaired) electrons. The van der Waals surface area contributed by atoms with Crippen LogP contribution < -0.4 is 10.6 Å². The summed E-state index contributed by atoms with van der Waals surface area (Å²) in [6, 6.07) is 10.4. The molecule has 40 heavy (non-hydrogen) atoms. The second-order valence-corrected chi connectivity index (χ2v) is 11.5. The van der Waals surface area contributed by atoms with E-state index >= 15 is 0 Å². The Bertz CT molecular complexity index is 1120. The Morgan fingerprint density at radius 2 is 1.55 bits per heavy atom. The van der Waals surface area contributed by atoms with Crippen molar-refractivity contribution >= 4 is 17.9 Å². The van der Waals surface area contributed by atoms with Crippen LogP contribution in [0.15, 0.2) is 42.5 Å². The van der Waals surface area contributed by atoms with Crippen molar-refractivity contribution < 1.29 is 24.2 Å². The number of aryl methyl sites for hydroxylation is 2. The van der Waals surface area contributed by atoms with Crippen molar-refractivity contribution in [2.24, 2.45) is 0 Å². The quantitative estimate of drug-likeness (QED) is 0.311. The summed E-state index contributed by atoms with van der Waals surface area (Å²) in [4.78, 5) is 42.8. The lowest BCUT2D eigenvalue weighted by Crippen LogP contribution is -2.54. The fourth-order valence-electron chi connectivity index (χ4n) is 4.84. The molecule has 3 atom stereocenters. The van der Waals surface area contributed by atoms with Gasteiger partial charge in [-0.3, -0.25) is 9.59 Å². The highest BCUT2D eigenvalue weighted by molar-refractivity contribution is 5.92. The lowest BCUT2D eigenvalue weighted by Gasteiger charge is -2.36. The van der Waals surface area contributed by atoms with E-state index in [9.17, 15) is 19.5 Å². The van der Waals surface area contributed by atoms with Gasteiger partial charge in [0.25, 0.3) is 0 Å². The molecule has 3 unspecified atom stereocenters. The van der Waals surface area contributed by atoms with Crippen molar-refractivity contribution in [1.82, 2.24) is 15.5 Å². The van der Waals surface area contributed by atoms with Gasteiger partial charge in [-0.05, 0) is 88.8 Å². The van der Waals surface area contributed by atoms with Crippen LogP contribution >= 0.6 is 0 Å². The number of phenols is 1. The van der Waals surface area contributed by atoms with Gasteiger partial charge >= 0.3 is 6.09 Å². The van der Waals surface area contributed by atoms with E-state index in [2.05, 4.69) is 17.6 Å². The Morgan fingerprint density at radius 3 is 2.08 bits per heavy atom. The van der Waals surface area contributed by atoms with Crippen LogP contribution in [-0.4, -0.2) is 52.1 Å². The van der Waals surface area contributed by atoms with Gasteiger partial charge in [-0.2, -0.15) is 0 Å². The molecule has 0 saturated heterocycles. The number of hydrogen-bond acceptors (Lipinski definition) is 5. The highest BCUT2D eigenvalue weighted by atomic mass is 16.6. The van der Waals surface area contributed by atoms with E-state index in [4.69, 9.17) is 4.74 Å². The number of nitrogens with zero attached hydrogens (tertiary/aromatic N) is 1. The van der Waals surface area contributed by atoms with Crippen LogP contribution in [-0.2, 0) is 20.7 Å². The third-order valence-corrected chi connectivity index (χ3v) is 6.60. The molecule has 2 aromatic rings. The minimum Gasteiger partial charge on any atom is -0.508 e. The maximum Gasteiger partial charge on any atom is 0.408 e. The smallest absolute Gasteiger partial charge is 0.408 e. The van der Waals surface area contributed by atoms with Gasteiger partial charge in [0.1, 0.15) is 23.4 Å². The molecule has 8 heteroatoms. The highest BCUT2D eigenvalue weighted by Gasteiger charge is 2.37. The first-order valence-electron chi connectivity index (χ1n) is 14.2. The predicted octanol–water partition coefficient (Wildman–Crippen LogP) is 5.73. The van der Waals surface area contributed by atoms with Gasteiger partial charge in [-0.1, -0.05) is 50.6 Å². The van der Waals surface area contributed by atoms with Crippen LogP contribution in [0.2, 0.25) is 0 Å². The molecule has 0 aliphatic heterocycles. The van der Waals surface area contributed by atoms with Crippen molar-refractivity contribution in [3.05, 3.63) is 64.7 Å². The van der Waals surface area contributed by atoms with Gasteiger partial charge < -0.3 is 25.4 Å². The third-order valence-electron chi connectivity index (χ3n) is 6.60. The lowest BCUT2D eigenvalue weighted by molar-refractivity contribution is -0.142. The Hall–Kier alpha value is -3.55. The number of nitrogens with one attached hydrogen (secondary N) is 2. The van der Waals surface area contributed by atoms with E-state index in [1.165, 1.54) is 12.1 Å². The topological polar surface area (TPSA) is 108 Å². The number of carbonyl (C=O) groups excluding carboxylic acids is 3. The van der Waals surface area contributed by atoms with Gasteiger partial charge in [0.05, 0.1) is 0 Å². The predicted molar refractivity (Wildman–Crippen MR) is 158 cm³/mol.